The first-order chi connectivity index (χ1) is 19.3. The number of hydrogen-bond acceptors (Lipinski definition) is 4. The molecule has 8 aromatic rings. The van der Waals surface area contributed by atoms with E-state index in [9.17, 15) is 5.11 Å². The molecular weight excluding hydrogens is 515 g/mol. The minimum Gasteiger partial charge on any atom is -0.507 e. The number of rotatable bonds is 3. The van der Waals surface area contributed by atoms with Crippen LogP contribution in [0.1, 0.15) is 0 Å². The van der Waals surface area contributed by atoms with Gasteiger partial charge in [-0.15, -0.1) is 22.7 Å². The van der Waals surface area contributed by atoms with E-state index in [4.69, 9.17) is 4.98 Å². The van der Waals surface area contributed by atoms with Crippen LogP contribution in [-0.4, -0.2) is 10.1 Å². The summed E-state index contributed by atoms with van der Waals surface area (Å²) in [4.78, 5) is 5.08. The Morgan fingerprint density at radius 1 is 0.410 bits per heavy atom. The molecule has 0 spiro atoms. The molecule has 8 rings (SSSR count). The normalized spacial score (nSPS) is 11.7. The molecule has 3 aromatic heterocycles. The maximum atomic E-state index is 11.6. The first kappa shape index (κ1) is 22.5. The largest absolute Gasteiger partial charge is 0.507 e. The molecule has 1 N–H and O–H groups in total. The van der Waals surface area contributed by atoms with Crippen LogP contribution in [-0.2, 0) is 0 Å². The summed E-state index contributed by atoms with van der Waals surface area (Å²) < 4.78 is 4.94. The first-order valence-corrected chi connectivity index (χ1v) is 14.5. The second-order valence-electron chi connectivity index (χ2n) is 9.67. The molecule has 0 bridgehead atoms. The van der Waals surface area contributed by atoms with Crippen molar-refractivity contribution in [3.8, 4) is 39.4 Å². The molecule has 0 aliphatic carbocycles. The smallest absolute Gasteiger partial charge is 0.132 e. The lowest BCUT2D eigenvalue weighted by molar-refractivity contribution is 0.479. The predicted molar refractivity (Wildman–Crippen MR) is 168 cm³/mol. The van der Waals surface area contributed by atoms with Gasteiger partial charge in [-0.05, 0) is 30.3 Å². The molecule has 0 radical (unpaired) electrons. The van der Waals surface area contributed by atoms with Crippen LogP contribution in [0.4, 0.5) is 0 Å². The number of aromatic nitrogens is 1. The maximum absolute atomic E-state index is 11.6. The topological polar surface area (TPSA) is 33.1 Å². The first-order valence-electron chi connectivity index (χ1n) is 12.9. The summed E-state index contributed by atoms with van der Waals surface area (Å²) in [7, 11) is 0. The third-order valence-corrected chi connectivity index (χ3v) is 9.88. The summed E-state index contributed by atoms with van der Waals surface area (Å²) in [5, 5.41) is 16.6. The Bertz CT molecular complexity index is 2200. The predicted octanol–water partition coefficient (Wildman–Crippen LogP) is 10.5. The van der Waals surface area contributed by atoms with E-state index in [-0.39, 0.29) is 5.75 Å². The molecule has 0 aliphatic heterocycles. The number of para-hydroxylation sites is 1. The van der Waals surface area contributed by atoms with Gasteiger partial charge in [-0.2, -0.15) is 0 Å². The Balaban J connectivity index is 1.28. The molecule has 0 amide bonds. The Kier molecular flexibility index (Phi) is 5.05. The van der Waals surface area contributed by atoms with E-state index in [0.717, 1.165) is 33.6 Å². The van der Waals surface area contributed by atoms with Crippen molar-refractivity contribution in [1.29, 1.82) is 0 Å². The summed E-state index contributed by atoms with van der Waals surface area (Å²) in [6.07, 6.45) is 0. The number of fused-ring (bicyclic) bond motifs is 6. The van der Waals surface area contributed by atoms with Gasteiger partial charge in [0, 0.05) is 62.6 Å². The maximum Gasteiger partial charge on any atom is 0.132 e. The molecule has 39 heavy (non-hydrogen) atoms. The molecular formula is C35H21NOS2. The fourth-order valence-corrected chi connectivity index (χ4v) is 8.07. The van der Waals surface area contributed by atoms with Crippen LogP contribution >= 0.6 is 22.7 Å². The number of pyridine rings is 1. The molecule has 2 nitrogen and oxygen atoms in total. The average molecular weight is 536 g/mol. The average Bonchev–Trinajstić information content (AvgIpc) is 3.56. The number of hydrogen-bond donors (Lipinski definition) is 1. The second kappa shape index (κ2) is 8.77. The highest BCUT2D eigenvalue weighted by Gasteiger charge is 2.17. The molecule has 0 saturated heterocycles. The van der Waals surface area contributed by atoms with E-state index in [0.29, 0.717) is 0 Å². The van der Waals surface area contributed by atoms with Gasteiger partial charge in [0.15, 0.2) is 0 Å². The summed E-state index contributed by atoms with van der Waals surface area (Å²) in [5.74, 6) is 0.257. The Hall–Kier alpha value is -4.51. The van der Waals surface area contributed by atoms with Gasteiger partial charge >= 0.3 is 0 Å². The van der Waals surface area contributed by atoms with Gasteiger partial charge in [0.1, 0.15) is 5.75 Å². The van der Waals surface area contributed by atoms with Crippen molar-refractivity contribution in [1.82, 2.24) is 4.98 Å². The van der Waals surface area contributed by atoms with Crippen LogP contribution in [0.2, 0.25) is 0 Å². The van der Waals surface area contributed by atoms with E-state index in [2.05, 4.69) is 91.0 Å². The Morgan fingerprint density at radius 3 is 1.56 bits per heavy atom. The lowest BCUT2D eigenvalue weighted by Gasteiger charge is -2.12. The number of benzene rings is 5. The van der Waals surface area contributed by atoms with Crippen LogP contribution in [0.15, 0.2) is 121 Å². The standard InChI is InChI=1S/C35H21NOS2/c37-33-23(26-14-6-12-24-21-9-1-3-19-31(21)38-34(24)26)11-5-15-27(33)29-17-8-18-30(36-29)28-16-7-13-25-22-10-2-4-20-32(22)39-35(25)28/h1-20,37H. The molecule has 0 unspecified atom stereocenters. The molecule has 0 fully saturated rings. The highest BCUT2D eigenvalue weighted by atomic mass is 32.1. The van der Waals surface area contributed by atoms with Crippen LogP contribution in [0, 0.1) is 0 Å². The van der Waals surface area contributed by atoms with Crippen molar-refractivity contribution in [2.75, 3.05) is 0 Å². The fourth-order valence-electron chi connectivity index (χ4n) is 5.61. The summed E-state index contributed by atoms with van der Waals surface area (Å²) in [6.45, 7) is 0. The zero-order chi connectivity index (χ0) is 25.9. The minimum absolute atomic E-state index is 0.257. The van der Waals surface area contributed by atoms with Crippen molar-refractivity contribution < 1.29 is 5.11 Å². The number of thiophene rings is 2. The van der Waals surface area contributed by atoms with Gasteiger partial charge in [-0.3, -0.25) is 0 Å². The van der Waals surface area contributed by atoms with Crippen LogP contribution < -0.4 is 0 Å². The second-order valence-corrected chi connectivity index (χ2v) is 11.8. The summed E-state index contributed by atoms with van der Waals surface area (Å²) in [6, 6.07) is 41.8. The highest BCUT2D eigenvalue weighted by Crippen LogP contribution is 2.45. The van der Waals surface area contributed by atoms with Crippen molar-refractivity contribution in [2.24, 2.45) is 0 Å². The third kappa shape index (κ3) is 3.49. The van der Waals surface area contributed by atoms with Crippen molar-refractivity contribution in [3.05, 3.63) is 121 Å². The molecule has 3 heterocycles. The van der Waals surface area contributed by atoms with Crippen molar-refractivity contribution in [3.63, 3.8) is 0 Å². The molecule has 0 aliphatic rings. The zero-order valence-electron chi connectivity index (χ0n) is 20.8. The van der Waals surface area contributed by atoms with Gasteiger partial charge in [-0.25, -0.2) is 4.98 Å². The summed E-state index contributed by atoms with van der Waals surface area (Å²) >= 11 is 3.57. The number of phenols is 1. The van der Waals surface area contributed by atoms with Gasteiger partial charge in [0.25, 0.3) is 0 Å². The van der Waals surface area contributed by atoms with Crippen LogP contribution in [0.3, 0.4) is 0 Å². The number of phenolic OH excluding ortho intramolecular Hbond substituents is 1. The van der Waals surface area contributed by atoms with E-state index in [1.165, 1.54) is 40.3 Å². The molecule has 4 heteroatoms. The fraction of sp³-hybridized carbons (Fsp3) is 0. The molecule has 0 saturated carbocycles. The van der Waals surface area contributed by atoms with E-state index in [1.807, 2.05) is 30.3 Å². The minimum atomic E-state index is 0.257. The highest BCUT2D eigenvalue weighted by molar-refractivity contribution is 7.26. The summed E-state index contributed by atoms with van der Waals surface area (Å²) in [5.41, 5.74) is 5.37. The Morgan fingerprint density at radius 2 is 0.872 bits per heavy atom. The van der Waals surface area contributed by atoms with E-state index < -0.39 is 0 Å². The Labute approximate surface area is 233 Å². The quantitative estimate of drug-likeness (QED) is 0.244. The van der Waals surface area contributed by atoms with Crippen molar-refractivity contribution in [2.45, 2.75) is 0 Å². The van der Waals surface area contributed by atoms with E-state index >= 15 is 0 Å². The van der Waals surface area contributed by atoms with Crippen LogP contribution in [0.5, 0.6) is 5.75 Å². The lowest BCUT2D eigenvalue weighted by atomic mass is 9.98. The van der Waals surface area contributed by atoms with Crippen molar-refractivity contribution >= 4 is 63.0 Å². The lowest BCUT2D eigenvalue weighted by Crippen LogP contribution is -1.90. The SMILES string of the molecule is Oc1c(-c2cccc(-c3cccc4c3sc3ccccc34)n2)cccc1-c1cccc2c1sc1ccccc12. The number of aromatic hydroxyl groups is 1. The molecule has 184 valence electrons. The molecule has 5 aromatic carbocycles. The third-order valence-electron chi connectivity index (χ3n) is 7.44. The zero-order valence-corrected chi connectivity index (χ0v) is 22.4. The van der Waals surface area contributed by atoms with Gasteiger partial charge in [-0.1, -0.05) is 91.0 Å². The van der Waals surface area contributed by atoms with E-state index in [1.54, 1.807) is 22.7 Å². The van der Waals surface area contributed by atoms with Gasteiger partial charge in [0.2, 0.25) is 0 Å². The van der Waals surface area contributed by atoms with Gasteiger partial charge in [0.05, 0.1) is 11.4 Å². The number of nitrogens with zero attached hydrogens (tertiary/aromatic N) is 1. The molecule has 0 atom stereocenters. The van der Waals surface area contributed by atoms with Gasteiger partial charge < -0.3 is 5.11 Å². The van der Waals surface area contributed by atoms with Crippen LogP contribution in [0.25, 0.3) is 74.0 Å². The monoisotopic (exact) mass is 535 g/mol.